The summed E-state index contributed by atoms with van der Waals surface area (Å²) >= 11 is 0. The maximum absolute atomic E-state index is 10.6. The summed E-state index contributed by atoms with van der Waals surface area (Å²) in [6, 6.07) is 8.21. The standard InChI is InChI=1S/C22H30O2S3/c1-13-17(11-9-15(19(13)23)21(3,4)5)25-27-26-18-12-10-16(22(6,7)8)20(24)14(18)2/h9-12,23-24H,1-8H3. The van der Waals surface area contributed by atoms with Crippen LogP contribution in [0.15, 0.2) is 34.1 Å². The van der Waals surface area contributed by atoms with Gasteiger partial charge in [0.25, 0.3) is 0 Å². The van der Waals surface area contributed by atoms with Gasteiger partial charge in [-0.3, -0.25) is 0 Å². The van der Waals surface area contributed by atoms with Crippen LogP contribution < -0.4 is 0 Å². The minimum atomic E-state index is -0.0800. The third-order valence-electron chi connectivity index (χ3n) is 4.63. The molecule has 27 heavy (non-hydrogen) atoms. The summed E-state index contributed by atoms with van der Waals surface area (Å²) in [6.07, 6.45) is 0. The average molecular weight is 423 g/mol. The van der Waals surface area contributed by atoms with Gasteiger partial charge in [-0.25, -0.2) is 0 Å². The van der Waals surface area contributed by atoms with Crippen molar-refractivity contribution in [2.45, 2.75) is 76.0 Å². The first-order chi connectivity index (χ1) is 12.3. The van der Waals surface area contributed by atoms with Crippen molar-refractivity contribution in [2.24, 2.45) is 0 Å². The van der Waals surface area contributed by atoms with Crippen LogP contribution in [0.3, 0.4) is 0 Å². The summed E-state index contributed by atoms with van der Waals surface area (Å²) in [5.74, 6) is 0.780. The lowest BCUT2D eigenvalue weighted by molar-refractivity contribution is 0.440. The van der Waals surface area contributed by atoms with Gasteiger partial charge < -0.3 is 10.2 Å². The quantitative estimate of drug-likeness (QED) is 0.493. The SMILES string of the molecule is Cc1c(SSSc2ccc(C(C)(C)C)c(O)c2C)ccc(C(C)(C)C)c1O. The van der Waals surface area contributed by atoms with Gasteiger partial charge in [0.05, 0.1) is 0 Å². The van der Waals surface area contributed by atoms with Gasteiger partial charge >= 0.3 is 0 Å². The molecule has 0 aliphatic carbocycles. The highest BCUT2D eigenvalue weighted by Gasteiger charge is 2.22. The molecule has 2 aromatic rings. The van der Waals surface area contributed by atoms with Crippen molar-refractivity contribution in [2.75, 3.05) is 0 Å². The van der Waals surface area contributed by atoms with E-state index >= 15 is 0 Å². The Kier molecular flexibility index (Phi) is 6.81. The summed E-state index contributed by atoms with van der Waals surface area (Å²) < 4.78 is 0. The molecule has 5 heteroatoms. The van der Waals surface area contributed by atoms with E-state index in [1.165, 1.54) is 0 Å². The highest BCUT2D eigenvalue weighted by Crippen LogP contribution is 2.50. The number of hydrogen-bond donors (Lipinski definition) is 2. The van der Waals surface area contributed by atoms with E-state index in [1.54, 1.807) is 31.4 Å². The van der Waals surface area contributed by atoms with Crippen molar-refractivity contribution in [1.29, 1.82) is 0 Å². The van der Waals surface area contributed by atoms with Gasteiger partial charge in [0, 0.05) is 20.9 Å². The van der Waals surface area contributed by atoms with Crippen LogP contribution in [-0.4, -0.2) is 10.2 Å². The monoisotopic (exact) mass is 422 g/mol. The summed E-state index contributed by atoms with van der Waals surface area (Å²) in [5, 5.41) is 21.1. The maximum Gasteiger partial charge on any atom is 0.123 e. The molecule has 0 bridgehead atoms. The molecule has 0 atom stereocenters. The molecular formula is C22H30O2S3. The zero-order valence-electron chi connectivity index (χ0n) is 17.4. The second kappa shape index (κ2) is 8.22. The minimum Gasteiger partial charge on any atom is -0.507 e. The van der Waals surface area contributed by atoms with Crippen LogP contribution in [0.4, 0.5) is 0 Å². The van der Waals surface area contributed by atoms with Gasteiger partial charge in [0.15, 0.2) is 0 Å². The van der Waals surface area contributed by atoms with Gasteiger partial charge in [0.1, 0.15) is 11.5 Å². The van der Waals surface area contributed by atoms with Crippen molar-refractivity contribution in [1.82, 2.24) is 0 Å². The molecule has 0 unspecified atom stereocenters. The number of phenolic OH excluding ortho intramolecular Hbond substituents is 2. The molecule has 2 N–H and O–H groups in total. The van der Waals surface area contributed by atoms with E-state index < -0.39 is 0 Å². The van der Waals surface area contributed by atoms with Gasteiger partial charge in [-0.2, -0.15) is 0 Å². The highest BCUT2D eigenvalue weighted by molar-refractivity contribution is 9.09. The molecule has 0 amide bonds. The lowest BCUT2D eigenvalue weighted by atomic mass is 9.85. The molecule has 0 aliphatic heterocycles. The Hall–Kier alpha value is -0.910. The normalized spacial score (nSPS) is 12.4. The highest BCUT2D eigenvalue weighted by atomic mass is 33.5. The Balaban J connectivity index is 2.14. The second-order valence-electron chi connectivity index (χ2n) is 8.90. The molecule has 0 fully saturated rings. The predicted molar refractivity (Wildman–Crippen MR) is 122 cm³/mol. The summed E-state index contributed by atoms with van der Waals surface area (Å²) in [5.41, 5.74) is 3.62. The molecular weight excluding hydrogens is 392 g/mol. The molecule has 0 spiro atoms. The fourth-order valence-corrected chi connectivity index (χ4v) is 6.97. The Morgan fingerprint density at radius 2 is 0.963 bits per heavy atom. The Morgan fingerprint density at radius 3 is 1.26 bits per heavy atom. The van der Waals surface area contributed by atoms with E-state index in [1.807, 2.05) is 26.0 Å². The average Bonchev–Trinajstić information content (AvgIpc) is 2.53. The number of hydrogen-bond acceptors (Lipinski definition) is 5. The van der Waals surface area contributed by atoms with Crippen molar-refractivity contribution < 1.29 is 10.2 Å². The first-order valence-corrected chi connectivity index (χ1v) is 12.5. The molecule has 0 aromatic heterocycles. The third kappa shape index (κ3) is 5.12. The van der Waals surface area contributed by atoms with E-state index in [0.29, 0.717) is 11.5 Å². The largest absolute Gasteiger partial charge is 0.507 e. The van der Waals surface area contributed by atoms with E-state index in [9.17, 15) is 10.2 Å². The molecule has 2 rings (SSSR count). The Morgan fingerprint density at radius 1 is 0.630 bits per heavy atom. The van der Waals surface area contributed by atoms with Crippen LogP contribution >= 0.6 is 31.4 Å². The molecule has 0 saturated carbocycles. The van der Waals surface area contributed by atoms with Gasteiger partial charge in [-0.05, 0) is 79.4 Å². The van der Waals surface area contributed by atoms with E-state index in [-0.39, 0.29) is 10.8 Å². The number of aromatic hydroxyl groups is 2. The van der Waals surface area contributed by atoms with Crippen LogP contribution in [0, 0.1) is 13.8 Å². The third-order valence-corrected chi connectivity index (χ3v) is 8.72. The lowest BCUT2D eigenvalue weighted by Crippen LogP contribution is -2.11. The Bertz CT molecular complexity index is 761. The summed E-state index contributed by atoms with van der Waals surface area (Å²) in [4.78, 5) is 2.12. The first kappa shape index (κ1) is 22.4. The minimum absolute atomic E-state index is 0.0800. The molecule has 148 valence electrons. The van der Waals surface area contributed by atoms with Crippen LogP contribution in [-0.2, 0) is 10.8 Å². The maximum atomic E-state index is 10.6. The molecule has 2 aromatic carbocycles. The number of benzene rings is 2. The Labute approximate surface area is 175 Å². The van der Waals surface area contributed by atoms with E-state index in [0.717, 1.165) is 32.0 Å². The zero-order chi connectivity index (χ0) is 20.6. The molecule has 0 aliphatic rings. The van der Waals surface area contributed by atoms with Gasteiger partial charge in [-0.1, -0.05) is 53.7 Å². The van der Waals surface area contributed by atoms with Crippen LogP contribution in [0.5, 0.6) is 11.5 Å². The molecule has 2 nitrogen and oxygen atoms in total. The lowest BCUT2D eigenvalue weighted by Gasteiger charge is -2.23. The zero-order valence-corrected chi connectivity index (χ0v) is 19.9. The van der Waals surface area contributed by atoms with E-state index in [2.05, 4.69) is 53.7 Å². The van der Waals surface area contributed by atoms with Crippen LogP contribution in [0.2, 0.25) is 0 Å². The molecule has 0 saturated heterocycles. The van der Waals surface area contributed by atoms with Crippen molar-refractivity contribution in [3.05, 3.63) is 46.5 Å². The molecule has 0 radical (unpaired) electrons. The predicted octanol–water partition coefficient (Wildman–Crippen LogP) is 7.76. The van der Waals surface area contributed by atoms with Crippen LogP contribution in [0.1, 0.15) is 63.8 Å². The van der Waals surface area contributed by atoms with Crippen LogP contribution in [0.25, 0.3) is 0 Å². The fourth-order valence-electron chi connectivity index (χ4n) is 2.84. The topological polar surface area (TPSA) is 40.5 Å². The van der Waals surface area contributed by atoms with E-state index in [4.69, 9.17) is 0 Å². The summed E-state index contributed by atoms with van der Waals surface area (Å²) in [7, 11) is 4.92. The van der Waals surface area contributed by atoms with Crippen molar-refractivity contribution in [3.8, 4) is 11.5 Å². The van der Waals surface area contributed by atoms with Crippen molar-refractivity contribution in [3.63, 3.8) is 0 Å². The summed E-state index contributed by atoms with van der Waals surface area (Å²) in [6.45, 7) is 16.6. The van der Waals surface area contributed by atoms with Gasteiger partial charge in [-0.15, -0.1) is 0 Å². The number of rotatable bonds is 4. The van der Waals surface area contributed by atoms with Crippen molar-refractivity contribution >= 4 is 31.4 Å². The fraction of sp³-hybridized carbons (Fsp3) is 0.455. The van der Waals surface area contributed by atoms with Gasteiger partial charge in [0.2, 0.25) is 0 Å². The number of phenols is 2. The first-order valence-electron chi connectivity index (χ1n) is 9.01. The second-order valence-corrected chi connectivity index (χ2v) is 12.9. The smallest absolute Gasteiger partial charge is 0.123 e. The molecule has 0 heterocycles.